The highest BCUT2D eigenvalue weighted by atomic mass is 79.9. The van der Waals surface area contributed by atoms with Gasteiger partial charge in [-0.25, -0.2) is 0 Å². The number of alkyl halides is 1. The van der Waals surface area contributed by atoms with E-state index in [9.17, 15) is 4.79 Å². The second-order valence-corrected chi connectivity index (χ2v) is 4.86. The van der Waals surface area contributed by atoms with Crippen molar-refractivity contribution in [2.45, 2.75) is 11.8 Å². The number of rotatable bonds is 5. The summed E-state index contributed by atoms with van der Waals surface area (Å²) in [5.41, 5.74) is 0.331. The summed E-state index contributed by atoms with van der Waals surface area (Å²) in [5.74, 6) is 0.474. The molecule has 1 amide bonds. The first kappa shape index (κ1) is 13.2. The molecule has 0 N–H and O–H groups in total. The molecule has 0 aliphatic rings. The van der Waals surface area contributed by atoms with Crippen LogP contribution in [0.25, 0.3) is 0 Å². The summed E-state index contributed by atoms with van der Waals surface area (Å²) < 4.78 is 9.83. The number of amides is 1. The lowest BCUT2D eigenvalue weighted by molar-refractivity contribution is 0.0774. The van der Waals surface area contributed by atoms with Gasteiger partial charge in [0, 0.05) is 26.8 Å². The van der Waals surface area contributed by atoms with E-state index < -0.39 is 0 Å². The van der Waals surface area contributed by atoms with E-state index >= 15 is 0 Å². The predicted octanol–water partition coefficient (Wildman–Crippen LogP) is 1.46. The van der Waals surface area contributed by atoms with Crippen LogP contribution in [0.4, 0.5) is 0 Å². The van der Waals surface area contributed by atoms with Gasteiger partial charge < -0.3 is 14.2 Å². The van der Waals surface area contributed by atoms with Gasteiger partial charge in [-0.15, -0.1) is 0 Å². The fraction of sp³-hybridized carbons (Fsp3) is 0.600. The highest BCUT2D eigenvalue weighted by Crippen LogP contribution is 2.08. The third-order valence-corrected chi connectivity index (χ3v) is 2.57. The summed E-state index contributed by atoms with van der Waals surface area (Å²) in [6, 6.07) is 1.62. The van der Waals surface area contributed by atoms with Crippen LogP contribution in [0.15, 0.2) is 10.6 Å². The first-order valence-corrected chi connectivity index (χ1v) is 5.78. The Labute approximate surface area is 103 Å². The number of hydrogen-bond acceptors (Lipinski definition) is 4. The number of ether oxygens (including phenoxy) is 1. The molecule has 1 aromatic heterocycles. The number of nitrogens with zero attached hydrogens (tertiary/aromatic N) is 2. The molecule has 1 aromatic rings. The number of halogens is 1. The second-order valence-electron chi connectivity index (χ2n) is 3.56. The summed E-state index contributed by atoms with van der Waals surface area (Å²) in [6.45, 7) is 2.86. The van der Waals surface area contributed by atoms with Gasteiger partial charge in [0.2, 0.25) is 0 Å². The Morgan fingerprint density at radius 3 is 2.94 bits per heavy atom. The highest BCUT2D eigenvalue weighted by molar-refractivity contribution is 9.09. The van der Waals surface area contributed by atoms with Crippen molar-refractivity contribution in [3.05, 3.63) is 17.5 Å². The average Bonchev–Trinajstić information content (AvgIpc) is 2.64. The van der Waals surface area contributed by atoms with Gasteiger partial charge in [-0.1, -0.05) is 21.1 Å². The molecule has 1 heterocycles. The van der Waals surface area contributed by atoms with Crippen LogP contribution in [-0.4, -0.2) is 48.1 Å². The molecule has 1 unspecified atom stereocenters. The van der Waals surface area contributed by atoms with Gasteiger partial charge >= 0.3 is 0 Å². The molecule has 6 heteroatoms. The van der Waals surface area contributed by atoms with Gasteiger partial charge in [0.05, 0.1) is 11.4 Å². The van der Waals surface area contributed by atoms with Gasteiger partial charge in [-0.05, 0) is 6.92 Å². The molecule has 16 heavy (non-hydrogen) atoms. The van der Waals surface area contributed by atoms with E-state index in [1.807, 2.05) is 0 Å². The molecule has 5 nitrogen and oxygen atoms in total. The van der Waals surface area contributed by atoms with Crippen LogP contribution in [0.3, 0.4) is 0 Å². The standard InChI is InChI=1S/C10H15BrN2O3/c1-7-4-9(12-16-7)10(14)13(2)5-8(11)6-15-3/h4,8H,5-6H2,1-3H3. The summed E-state index contributed by atoms with van der Waals surface area (Å²) in [7, 11) is 3.34. The van der Waals surface area contributed by atoms with E-state index in [1.165, 1.54) is 0 Å². The average molecular weight is 291 g/mol. The molecule has 90 valence electrons. The molecule has 0 spiro atoms. The summed E-state index contributed by atoms with van der Waals surface area (Å²) in [4.78, 5) is 13.5. The monoisotopic (exact) mass is 290 g/mol. The third kappa shape index (κ3) is 3.61. The Balaban J connectivity index is 2.54. The third-order valence-electron chi connectivity index (χ3n) is 2.01. The van der Waals surface area contributed by atoms with Crippen LogP contribution >= 0.6 is 15.9 Å². The molecule has 0 saturated heterocycles. The molecule has 1 atom stereocenters. The highest BCUT2D eigenvalue weighted by Gasteiger charge is 2.18. The van der Waals surface area contributed by atoms with Crippen LogP contribution in [0.1, 0.15) is 16.2 Å². The number of carbonyl (C=O) groups is 1. The van der Waals surface area contributed by atoms with E-state index in [4.69, 9.17) is 9.26 Å². The Hall–Kier alpha value is -0.880. The maximum atomic E-state index is 11.8. The van der Waals surface area contributed by atoms with Gasteiger partial charge in [0.25, 0.3) is 5.91 Å². The van der Waals surface area contributed by atoms with Crippen LogP contribution in [-0.2, 0) is 4.74 Å². The molecule has 0 aromatic carbocycles. The van der Waals surface area contributed by atoms with Crippen molar-refractivity contribution in [3.8, 4) is 0 Å². The number of hydrogen-bond donors (Lipinski definition) is 0. The quantitative estimate of drug-likeness (QED) is 0.771. The van der Waals surface area contributed by atoms with Crippen molar-refractivity contribution in [3.63, 3.8) is 0 Å². The van der Waals surface area contributed by atoms with Crippen LogP contribution < -0.4 is 0 Å². The topological polar surface area (TPSA) is 55.6 Å². The summed E-state index contributed by atoms with van der Waals surface area (Å²) in [6.07, 6.45) is 0. The number of aromatic nitrogens is 1. The Morgan fingerprint density at radius 1 is 1.75 bits per heavy atom. The van der Waals surface area contributed by atoms with Crippen LogP contribution in [0, 0.1) is 6.92 Å². The first-order chi connectivity index (χ1) is 7.54. The minimum Gasteiger partial charge on any atom is -0.383 e. The maximum Gasteiger partial charge on any atom is 0.275 e. The molecule has 0 fully saturated rings. The predicted molar refractivity (Wildman–Crippen MR) is 62.8 cm³/mol. The Kier molecular flexibility index (Phi) is 4.95. The fourth-order valence-corrected chi connectivity index (χ4v) is 1.98. The van der Waals surface area contributed by atoms with E-state index in [-0.39, 0.29) is 10.7 Å². The lowest BCUT2D eigenvalue weighted by Crippen LogP contribution is -2.33. The second kappa shape index (κ2) is 6.00. The van der Waals surface area contributed by atoms with Crippen molar-refractivity contribution in [2.75, 3.05) is 27.3 Å². The number of aryl methyl sites for hydroxylation is 1. The Bertz CT molecular complexity index is 354. The van der Waals surface area contributed by atoms with Crippen molar-refractivity contribution in [1.29, 1.82) is 0 Å². The van der Waals surface area contributed by atoms with Gasteiger partial charge in [-0.3, -0.25) is 4.79 Å². The van der Waals surface area contributed by atoms with Crippen LogP contribution in [0.5, 0.6) is 0 Å². The normalized spacial score (nSPS) is 12.5. The van der Waals surface area contributed by atoms with Gasteiger partial charge in [0.15, 0.2) is 5.69 Å². The maximum absolute atomic E-state index is 11.8. The number of methoxy groups -OCH3 is 1. The van der Waals surface area contributed by atoms with Gasteiger partial charge in [-0.2, -0.15) is 0 Å². The van der Waals surface area contributed by atoms with E-state index in [0.717, 1.165) is 0 Å². The van der Waals surface area contributed by atoms with E-state index in [0.29, 0.717) is 24.6 Å². The zero-order chi connectivity index (χ0) is 12.1. The minimum atomic E-state index is -0.155. The van der Waals surface area contributed by atoms with Crippen LogP contribution in [0.2, 0.25) is 0 Å². The largest absolute Gasteiger partial charge is 0.383 e. The van der Waals surface area contributed by atoms with Crippen molar-refractivity contribution in [1.82, 2.24) is 10.1 Å². The SMILES string of the molecule is COCC(Br)CN(C)C(=O)c1cc(C)on1. The van der Waals surface area contributed by atoms with Crippen molar-refractivity contribution < 1.29 is 14.1 Å². The molecular formula is C10H15BrN2O3. The number of carbonyl (C=O) groups excluding carboxylic acids is 1. The van der Waals surface area contributed by atoms with E-state index in [1.54, 1.807) is 32.0 Å². The molecule has 0 aliphatic carbocycles. The summed E-state index contributed by atoms with van der Waals surface area (Å²) >= 11 is 3.42. The molecule has 1 rings (SSSR count). The summed E-state index contributed by atoms with van der Waals surface area (Å²) in [5, 5.41) is 3.68. The fourth-order valence-electron chi connectivity index (χ4n) is 1.28. The molecular weight excluding hydrogens is 276 g/mol. The van der Waals surface area contributed by atoms with Gasteiger partial charge in [0.1, 0.15) is 5.76 Å². The lowest BCUT2D eigenvalue weighted by atomic mass is 10.3. The lowest BCUT2D eigenvalue weighted by Gasteiger charge is -2.18. The first-order valence-electron chi connectivity index (χ1n) is 4.86. The van der Waals surface area contributed by atoms with Crippen molar-refractivity contribution >= 4 is 21.8 Å². The molecule has 0 aliphatic heterocycles. The zero-order valence-electron chi connectivity index (χ0n) is 9.57. The minimum absolute atomic E-state index is 0.111. The zero-order valence-corrected chi connectivity index (χ0v) is 11.2. The van der Waals surface area contributed by atoms with Crippen molar-refractivity contribution in [2.24, 2.45) is 0 Å². The molecule has 0 bridgehead atoms. The molecule has 0 radical (unpaired) electrons. The van der Waals surface area contributed by atoms with E-state index in [2.05, 4.69) is 21.1 Å². The molecule has 0 saturated carbocycles. The Morgan fingerprint density at radius 2 is 2.44 bits per heavy atom. The smallest absolute Gasteiger partial charge is 0.275 e.